The number of carbonyl (C=O) groups is 1. The number of thioether (sulfide) groups is 1. The van der Waals surface area contributed by atoms with Gasteiger partial charge in [-0.1, -0.05) is 11.8 Å². The van der Waals surface area contributed by atoms with Crippen molar-refractivity contribution in [1.82, 2.24) is 0 Å². The van der Waals surface area contributed by atoms with Gasteiger partial charge in [0, 0.05) is 6.92 Å². The second-order valence-electron chi connectivity index (χ2n) is 3.42. The van der Waals surface area contributed by atoms with Gasteiger partial charge < -0.3 is 11.4 Å². The highest BCUT2D eigenvalue weighted by Gasteiger charge is 2.06. The standard InChI is InChI=1S/C7H16NOS.IO2/c1-7(9)10-6-5-8(2,3)4;2-1-3/h5-6H2,1-4H3;/q+1;-1. The van der Waals surface area contributed by atoms with E-state index < -0.39 is 22.0 Å². The number of quaternary nitrogens is 1. The summed E-state index contributed by atoms with van der Waals surface area (Å²) in [7, 11) is 6.38. The zero-order chi connectivity index (χ0) is 10.9. The second-order valence-corrected chi connectivity index (χ2v) is 5.05. The van der Waals surface area contributed by atoms with Crippen LogP contribution in [0.5, 0.6) is 0 Å². The van der Waals surface area contributed by atoms with Crippen LogP contribution in [-0.2, 0) is 4.79 Å². The summed E-state index contributed by atoms with van der Waals surface area (Å²) in [6, 6.07) is 0. The molecule has 0 bridgehead atoms. The van der Waals surface area contributed by atoms with Gasteiger partial charge in [0.25, 0.3) is 0 Å². The fourth-order valence-electron chi connectivity index (χ4n) is 0.463. The molecule has 0 rings (SSSR count). The quantitative estimate of drug-likeness (QED) is 0.389. The highest BCUT2D eigenvalue weighted by Crippen LogP contribution is 2.02. The van der Waals surface area contributed by atoms with E-state index in [1.165, 1.54) is 11.8 Å². The third-order valence-corrected chi connectivity index (χ3v) is 1.86. The number of rotatable bonds is 3. The van der Waals surface area contributed by atoms with E-state index in [4.69, 9.17) is 6.87 Å². The Kier molecular flexibility index (Phi) is 11.4. The van der Waals surface area contributed by atoms with Crippen LogP contribution in [0.3, 0.4) is 0 Å². The summed E-state index contributed by atoms with van der Waals surface area (Å²) in [6.45, 7) is 2.66. The fraction of sp³-hybridized carbons (Fsp3) is 0.857. The van der Waals surface area contributed by atoms with Crippen molar-refractivity contribution in [2.45, 2.75) is 6.92 Å². The van der Waals surface area contributed by atoms with Gasteiger partial charge in [0.2, 0.25) is 0 Å². The van der Waals surface area contributed by atoms with Gasteiger partial charge in [-0.05, 0) is 0 Å². The van der Waals surface area contributed by atoms with E-state index in [0.29, 0.717) is 0 Å². The largest absolute Gasteiger partial charge is 0.599 e. The first-order chi connectivity index (χ1) is 5.83. The molecule has 0 amide bonds. The van der Waals surface area contributed by atoms with Gasteiger partial charge in [-0.2, -0.15) is 0 Å². The highest BCUT2D eigenvalue weighted by atomic mass is 127. The summed E-state index contributed by atoms with van der Waals surface area (Å²) >= 11 is -0.506. The molecule has 6 heteroatoms. The molecule has 0 heterocycles. The molecule has 0 aromatic heterocycles. The fourth-order valence-corrected chi connectivity index (χ4v) is 1.39. The van der Waals surface area contributed by atoms with E-state index in [9.17, 15) is 4.79 Å². The van der Waals surface area contributed by atoms with Gasteiger partial charge in [-0.3, -0.25) is 4.79 Å². The van der Waals surface area contributed by atoms with Crippen LogP contribution in [-0.4, -0.2) is 43.0 Å². The first-order valence-corrected chi connectivity index (χ1v) is 6.41. The molecule has 0 atom stereocenters. The van der Waals surface area contributed by atoms with Crippen LogP contribution < -0.4 is 28.9 Å². The van der Waals surface area contributed by atoms with Crippen molar-refractivity contribution in [3.05, 3.63) is 0 Å². The SMILES string of the molecule is CC(=O)SCC[N+](C)(C)C.[O-][I+][O-]. The average Bonchev–Trinajstić information content (AvgIpc) is 1.84. The molecule has 0 unspecified atom stereocenters. The lowest BCUT2D eigenvalue weighted by Gasteiger charge is -2.22. The maximum atomic E-state index is 10.5. The van der Waals surface area contributed by atoms with Crippen molar-refractivity contribution in [3.8, 4) is 0 Å². The number of hydrogen-bond donors (Lipinski definition) is 0. The molecule has 0 fully saturated rings. The van der Waals surface area contributed by atoms with Crippen LogP contribution in [0.25, 0.3) is 0 Å². The van der Waals surface area contributed by atoms with Gasteiger partial charge in [0.1, 0.15) is 0 Å². The lowest BCUT2D eigenvalue weighted by atomic mass is 10.6. The van der Waals surface area contributed by atoms with Crippen molar-refractivity contribution in [1.29, 1.82) is 0 Å². The number of carbonyl (C=O) groups excluding carboxylic acids is 1. The minimum absolute atomic E-state index is 0.216. The van der Waals surface area contributed by atoms with Gasteiger partial charge in [0.05, 0.1) is 33.4 Å². The number of hydrogen-bond acceptors (Lipinski definition) is 4. The summed E-state index contributed by atoms with van der Waals surface area (Å²) in [5.41, 5.74) is 0. The zero-order valence-corrected chi connectivity index (χ0v) is 11.3. The van der Waals surface area contributed by atoms with Gasteiger partial charge in [-0.15, -0.1) is 0 Å². The predicted molar refractivity (Wildman–Crippen MR) is 46.0 cm³/mol. The Morgan fingerprint density at radius 3 is 2.00 bits per heavy atom. The summed E-state index contributed by atoms with van der Waals surface area (Å²) < 4.78 is 17.9. The van der Waals surface area contributed by atoms with Crippen LogP contribution in [0.15, 0.2) is 0 Å². The van der Waals surface area contributed by atoms with E-state index in [1.807, 2.05) is 0 Å². The van der Waals surface area contributed by atoms with Crippen molar-refractivity contribution >= 4 is 16.9 Å². The van der Waals surface area contributed by atoms with E-state index in [0.717, 1.165) is 16.8 Å². The molecule has 0 radical (unpaired) electrons. The molecule has 0 N–H and O–H groups in total. The first-order valence-electron chi connectivity index (χ1n) is 3.66. The van der Waals surface area contributed by atoms with Crippen LogP contribution >= 0.6 is 11.8 Å². The molecule has 4 nitrogen and oxygen atoms in total. The van der Waals surface area contributed by atoms with E-state index in [-0.39, 0.29) is 5.12 Å². The molecule has 0 aliphatic rings. The Labute approximate surface area is 95.3 Å². The summed E-state index contributed by atoms with van der Waals surface area (Å²) in [4.78, 5) is 10.5. The molecule has 0 spiro atoms. The Morgan fingerprint density at radius 1 is 1.38 bits per heavy atom. The Morgan fingerprint density at radius 2 is 1.77 bits per heavy atom. The molecule has 80 valence electrons. The van der Waals surface area contributed by atoms with Gasteiger partial charge in [-0.25, -0.2) is 0 Å². The normalized spacial score (nSPS) is 10.3. The minimum Gasteiger partial charge on any atom is -0.599 e. The molecule has 0 aromatic carbocycles. The maximum absolute atomic E-state index is 10.5. The molecule has 0 saturated heterocycles. The predicted octanol–water partition coefficient (Wildman–Crippen LogP) is -4.40. The van der Waals surface area contributed by atoms with E-state index >= 15 is 0 Å². The van der Waals surface area contributed by atoms with Crippen molar-refractivity contribution in [2.24, 2.45) is 0 Å². The minimum atomic E-state index is -1.91. The third kappa shape index (κ3) is 24.5. The van der Waals surface area contributed by atoms with Crippen molar-refractivity contribution in [3.63, 3.8) is 0 Å². The Balaban J connectivity index is 0. The molecular weight excluding hydrogens is 305 g/mol. The average molecular weight is 321 g/mol. The molecule has 0 aliphatic carbocycles. The van der Waals surface area contributed by atoms with Crippen molar-refractivity contribution < 1.29 is 38.2 Å². The van der Waals surface area contributed by atoms with Gasteiger partial charge in [0.15, 0.2) is 27.2 Å². The smallest absolute Gasteiger partial charge is 0.198 e. The molecule has 13 heavy (non-hydrogen) atoms. The summed E-state index contributed by atoms with van der Waals surface area (Å²) in [5, 5.41) is 0.216. The van der Waals surface area contributed by atoms with E-state index in [2.05, 4.69) is 21.1 Å². The van der Waals surface area contributed by atoms with Crippen LogP contribution in [0.4, 0.5) is 0 Å². The Hall–Kier alpha value is 0.630. The maximum Gasteiger partial charge on any atom is 0.198 e. The highest BCUT2D eigenvalue weighted by molar-refractivity contribution is 8.13. The number of nitrogens with zero attached hydrogens (tertiary/aromatic N) is 1. The Bertz CT molecular complexity index is 138. The van der Waals surface area contributed by atoms with Crippen molar-refractivity contribution in [2.75, 3.05) is 33.4 Å². The third-order valence-electron chi connectivity index (χ3n) is 1.07. The van der Waals surface area contributed by atoms with Crippen LogP contribution in [0, 0.1) is 0 Å². The number of halogens is 1. The molecule has 0 aliphatic heterocycles. The zero-order valence-electron chi connectivity index (χ0n) is 8.37. The second kappa shape index (κ2) is 9.20. The molecular formula is C7H16INO3S. The summed E-state index contributed by atoms with van der Waals surface area (Å²) in [5.74, 6) is 0.929. The molecule has 0 saturated carbocycles. The van der Waals surface area contributed by atoms with Crippen LogP contribution in [0.1, 0.15) is 6.92 Å². The molecule has 0 aromatic rings. The summed E-state index contributed by atoms with van der Waals surface area (Å²) in [6.07, 6.45) is 0. The lowest BCUT2D eigenvalue weighted by Crippen LogP contribution is -3.77. The first kappa shape index (κ1) is 16.1. The topological polar surface area (TPSA) is 63.2 Å². The lowest BCUT2D eigenvalue weighted by molar-refractivity contribution is -1.41. The monoisotopic (exact) mass is 321 g/mol. The van der Waals surface area contributed by atoms with Gasteiger partial charge >= 0.3 is 0 Å². The van der Waals surface area contributed by atoms with E-state index in [1.54, 1.807) is 6.92 Å². The van der Waals surface area contributed by atoms with Crippen LogP contribution in [0.2, 0.25) is 0 Å².